The molecule has 2 heterocycles. The standard InChI is InChI=1S/C14H10ClN3O/c15-12-7-4-8-13(17-12)18-14(19)11(9-16-18)10-5-2-1-3-6-10/h1-9,16H. The first-order valence-electron chi connectivity index (χ1n) is 5.74. The highest BCUT2D eigenvalue weighted by Gasteiger charge is 2.10. The SMILES string of the molecule is O=c1c(-c2ccccc2)c[nH]n1-c1cccc(Cl)n1. The van der Waals surface area contributed by atoms with Crippen molar-refractivity contribution in [1.29, 1.82) is 0 Å². The molecule has 1 aromatic carbocycles. The number of hydrogen-bond donors (Lipinski definition) is 1. The summed E-state index contributed by atoms with van der Waals surface area (Å²) in [5.41, 5.74) is 1.31. The highest BCUT2D eigenvalue weighted by Crippen LogP contribution is 2.15. The zero-order valence-corrected chi connectivity index (χ0v) is 10.6. The summed E-state index contributed by atoms with van der Waals surface area (Å²) in [4.78, 5) is 16.4. The fraction of sp³-hybridized carbons (Fsp3) is 0. The van der Waals surface area contributed by atoms with Crippen molar-refractivity contribution in [3.63, 3.8) is 0 Å². The van der Waals surface area contributed by atoms with Gasteiger partial charge >= 0.3 is 0 Å². The van der Waals surface area contributed by atoms with Crippen molar-refractivity contribution in [2.75, 3.05) is 0 Å². The van der Waals surface area contributed by atoms with E-state index in [0.29, 0.717) is 16.5 Å². The number of halogens is 1. The average molecular weight is 272 g/mol. The molecule has 2 aromatic heterocycles. The van der Waals surface area contributed by atoms with Crippen molar-refractivity contribution < 1.29 is 0 Å². The Hall–Kier alpha value is -2.33. The van der Waals surface area contributed by atoms with E-state index in [1.807, 2.05) is 30.3 Å². The third kappa shape index (κ3) is 2.18. The van der Waals surface area contributed by atoms with Crippen LogP contribution in [0.3, 0.4) is 0 Å². The molecule has 19 heavy (non-hydrogen) atoms. The van der Waals surface area contributed by atoms with E-state index in [9.17, 15) is 4.79 Å². The van der Waals surface area contributed by atoms with E-state index in [1.165, 1.54) is 4.68 Å². The second-order valence-corrected chi connectivity index (χ2v) is 4.40. The minimum absolute atomic E-state index is 0.152. The summed E-state index contributed by atoms with van der Waals surface area (Å²) in [5.74, 6) is 0.472. The summed E-state index contributed by atoms with van der Waals surface area (Å²) in [6.45, 7) is 0. The molecule has 3 rings (SSSR count). The van der Waals surface area contributed by atoms with Gasteiger partial charge in [0.2, 0.25) is 0 Å². The predicted octanol–water partition coefficient (Wildman–Crippen LogP) is 2.88. The van der Waals surface area contributed by atoms with E-state index in [2.05, 4.69) is 10.1 Å². The number of nitrogens with zero attached hydrogens (tertiary/aromatic N) is 2. The second-order valence-electron chi connectivity index (χ2n) is 4.01. The van der Waals surface area contributed by atoms with Gasteiger partial charge in [-0.15, -0.1) is 0 Å². The van der Waals surface area contributed by atoms with Gasteiger partial charge < -0.3 is 0 Å². The zero-order valence-electron chi connectivity index (χ0n) is 9.88. The maximum atomic E-state index is 12.3. The molecular weight excluding hydrogens is 262 g/mol. The Bertz CT molecular complexity index is 762. The molecule has 0 saturated carbocycles. The number of nitrogens with one attached hydrogen (secondary N) is 1. The number of aromatic nitrogens is 3. The lowest BCUT2D eigenvalue weighted by atomic mass is 10.1. The first-order chi connectivity index (χ1) is 9.25. The summed E-state index contributed by atoms with van der Waals surface area (Å²) >= 11 is 5.83. The number of aromatic amines is 1. The summed E-state index contributed by atoms with van der Waals surface area (Å²) in [5, 5.41) is 3.25. The van der Waals surface area contributed by atoms with E-state index < -0.39 is 0 Å². The Balaban J connectivity index is 2.12. The maximum absolute atomic E-state index is 12.3. The minimum atomic E-state index is -0.152. The van der Waals surface area contributed by atoms with Gasteiger partial charge in [-0.05, 0) is 17.7 Å². The lowest BCUT2D eigenvalue weighted by Crippen LogP contribution is -2.16. The van der Waals surface area contributed by atoms with Gasteiger partial charge in [0.15, 0.2) is 5.82 Å². The topological polar surface area (TPSA) is 50.7 Å². The van der Waals surface area contributed by atoms with Gasteiger partial charge in [0.1, 0.15) is 5.15 Å². The van der Waals surface area contributed by atoms with Crippen molar-refractivity contribution in [3.8, 4) is 16.9 Å². The van der Waals surface area contributed by atoms with Gasteiger partial charge in [0.25, 0.3) is 5.56 Å². The summed E-state index contributed by atoms with van der Waals surface area (Å²) < 4.78 is 1.37. The van der Waals surface area contributed by atoms with Crippen LogP contribution in [-0.2, 0) is 0 Å². The molecule has 3 aromatic rings. The van der Waals surface area contributed by atoms with Crippen molar-refractivity contribution in [3.05, 3.63) is 70.2 Å². The molecule has 0 aliphatic heterocycles. The summed E-state index contributed by atoms with van der Waals surface area (Å²) in [7, 11) is 0. The highest BCUT2D eigenvalue weighted by molar-refractivity contribution is 6.29. The molecule has 0 saturated heterocycles. The largest absolute Gasteiger partial charge is 0.296 e. The summed E-state index contributed by atoms with van der Waals surface area (Å²) in [6, 6.07) is 14.6. The number of rotatable bonds is 2. The number of pyridine rings is 1. The van der Waals surface area contributed by atoms with Crippen molar-refractivity contribution in [2.24, 2.45) is 0 Å². The van der Waals surface area contributed by atoms with Crippen molar-refractivity contribution in [1.82, 2.24) is 14.8 Å². The fourth-order valence-corrected chi connectivity index (χ4v) is 2.05. The molecule has 0 atom stereocenters. The molecule has 0 amide bonds. The van der Waals surface area contributed by atoms with Crippen LogP contribution in [0, 0.1) is 0 Å². The van der Waals surface area contributed by atoms with Crippen molar-refractivity contribution in [2.45, 2.75) is 0 Å². The van der Waals surface area contributed by atoms with Crippen LogP contribution in [0.2, 0.25) is 5.15 Å². The van der Waals surface area contributed by atoms with Crippen LogP contribution in [-0.4, -0.2) is 14.8 Å². The minimum Gasteiger partial charge on any atom is -0.296 e. The Kier molecular flexibility index (Phi) is 2.93. The molecule has 4 nitrogen and oxygen atoms in total. The van der Waals surface area contributed by atoms with Gasteiger partial charge in [-0.3, -0.25) is 9.89 Å². The van der Waals surface area contributed by atoms with Crippen LogP contribution in [0.4, 0.5) is 0 Å². The first-order valence-corrected chi connectivity index (χ1v) is 6.12. The fourth-order valence-electron chi connectivity index (χ4n) is 1.89. The van der Waals surface area contributed by atoms with Crippen LogP contribution >= 0.6 is 11.6 Å². The molecule has 0 aliphatic carbocycles. The molecule has 0 spiro atoms. The van der Waals surface area contributed by atoms with Gasteiger partial charge in [0.05, 0.1) is 5.56 Å². The van der Waals surface area contributed by atoms with Crippen molar-refractivity contribution >= 4 is 11.6 Å². The zero-order chi connectivity index (χ0) is 13.2. The molecule has 0 unspecified atom stereocenters. The van der Waals surface area contributed by atoms with E-state index in [-0.39, 0.29) is 5.56 Å². The maximum Gasteiger partial charge on any atom is 0.280 e. The normalized spacial score (nSPS) is 10.6. The van der Waals surface area contributed by atoms with Gasteiger partial charge in [-0.2, -0.15) is 0 Å². The Morgan fingerprint density at radius 1 is 1.05 bits per heavy atom. The lowest BCUT2D eigenvalue weighted by molar-refractivity contribution is 0.819. The van der Waals surface area contributed by atoms with E-state index >= 15 is 0 Å². The van der Waals surface area contributed by atoms with Gasteiger partial charge in [-0.25, -0.2) is 9.67 Å². The number of benzene rings is 1. The second kappa shape index (κ2) is 4.74. The van der Waals surface area contributed by atoms with Crippen LogP contribution in [0.15, 0.2) is 59.5 Å². The molecule has 0 bridgehead atoms. The van der Waals surface area contributed by atoms with Crippen LogP contribution in [0.5, 0.6) is 0 Å². The molecule has 0 radical (unpaired) electrons. The molecule has 0 fully saturated rings. The Morgan fingerprint density at radius 2 is 1.84 bits per heavy atom. The Labute approximate surface area is 114 Å². The van der Waals surface area contributed by atoms with Gasteiger partial charge in [0, 0.05) is 6.20 Å². The van der Waals surface area contributed by atoms with Crippen LogP contribution in [0.1, 0.15) is 0 Å². The molecule has 94 valence electrons. The lowest BCUT2D eigenvalue weighted by Gasteiger charge is -2.00. The van der Waals surface area contributed by atoms with E-state index in [4.69, 9.17) is 11.6 Å². The quantitative estimate of drug-likeness (QED) is 0.729. The van der Waals surface area contributed by atoms with Crippen LogP contribution < -0.4 is 5.56 Å². The molecule has 5 heteroatoms. The Morgan fingerprint density at radius 3 is 2.58 bits per heavy atom. The first kappa shape index (κ1) is 11.7. The molecule has 0 aliphatic rings. The summed E-state index contributed by atoms with van der Waals surface area (Å²) in [6.07, 6.45) is 1.67. The number of H-pyrrole nitrogens is 1. The van der Waals surface area contributed by atoms with E-state index in [1.54, 1.807) is 24.4 Å². The average Bonchev–Trinajstić information content (AvgIpc) is 2.81. The predicted molar refractivity (Wildman–Crippen MR) is 74.6 cm³/mol. The van der Waals surface area contributed by atoms with Gasteiger partial charge in [-0.1, -0.05) is 48.0 Å². The monoisotopic (exact) mass is 271 g/mol. The number of hydrogen-bond acceptors (Lipinski definition) is 2. The highest BCUT2D eigenvalue weighted by atomic mass is 35.5. The molecule has 1 N–H and O–H groups in total. The smallest absolute Gasteiger partial charge is 0.280 e. The third-order valence-corrected chi connectivity index (χ3v) is 3.00. The third-order valence-electron chi connectivity index (χ3n) is 2.79. The molecular formula is C14H10ClN3O. The van der Waals surface area contributed by atoms with E-state index in [0.717, 1.165) is 5.56 Å². The van der Waals surface area contributed by atoms with Crippen LogP contribution in [0.25, 0.3) is 16.9 Å².